The van der Waals surface area contributed by atoms with E-state index in [0.29, 0.717) is 12.8 Å². The van der Waals surface area contributed by atoms with E-state index in [-0.39, 0.29) is 6.42 Å². The van der Waals surface area contributed by atoms with Crippen LogP contribution in [-0.2, 0) is 11.2 Å². The molecule has 0 radical (unpaired) electrons. The van der Waals surface area contributed by atoms with Gasteiger partial charge in [-0.05, 0) is 25.5 Å². The Bertz CT molecular complexity index is 534. The summed E-state index contributed by atoms with van der Waals surface area (Å²) in [6, 6.07) is 9.83. The molecule has 18 heavy (non-hydrogen) atoms. The lowest BCUT2D eigenvalue weighted by Crippen LogP contribution is -2.04. The number of aliphatic carboxylic acids is 1. The number of rotatable bonds is 5. The second-order valence-corrected chi connectivity index (χ2v) is 4.08. The molecule has 0 bridgehead atoms. The molecule has 0 amide bonds. The quantitative estimate of drug-likeness (QED) is 0.874. The Labute approximate surface area is 105 Å². The summed E-state index contributed by atoms with van der Waals surface area (Å²) in [7, 11) is 0. The van der Waals surface area contributed by atoms with Gasteiger partial charge in [-0.15, -0.1) is 10.2 Å². The van der Waals surface area contributed by atoms with Crippen LogP contribution in [0.5, 0.6) is 0 Å². The average molecular weight is 245 g/mol. The number of carboxylic acid groups (broad SMARTS) is 1. The van der Waals surface area contributed by atoms with Crippen LogP contribution in [0, 0.1) is 6.92 Å². The van der Waals surface area contributed by atoms with Gasteiger partial charge in [-0.1, -0.05) is 18.2 Å². The number of aromatic nitrogens is 3. The van der Waals surface area contributed by atoms with Gasteiger partial charge in [0.2, 0.25) is 0 Å². The monoisotopic (exact) mass is 245 g/mol. The summed E-state index contributed by atoms with van der Waals surface area (Å²) in [5, 5.41) is 16.8. The minimum atomic E-state index is -0.780. The Morgan fingerprint density at radius 3 is 2.67 bits per heavy atom. The van der Waals surface area contributed by atoms with Crippen molar-refractivity contribution in [1.29, 1.82) is 0 Å². The molecule has 1 heterocycles. The fourth-order valence-electron chi connectivity index (χ4n) is 1.88. The first-order chi connectivity index (χ1) is 8.68. The van der Waals surface area contributed by atoms with E-state index in [1.807, 2.05) is 41.8 Å². The first-order valence-electron chi connectivity index (χ1n) is 5.86. The van der Waals surface area contributed by atoms with Gasteiger partial charge in [0, 0.05) is 18.5 Å². The Morgan fingerprint density at radius 2 is 2.00 bits per heavy atom. The first-order valence-corrected chi connectivity index (χ1v) is 5.86. The van der Waals surface area contributed by atoms with Gasteiger partial charge >= 0.3 is 5.97 Å². The molecule has 0 unspecified atom stereocenters. The first kappa shape index (κ1) is 12.3. The molecule has 0 saturated carbocycles. The second kappa shape index (κ2) is 5.44. The van der Waals surface area contributed by atoms with Crippen LogP contribution >= 0.6 is 0 Å². The summed E-state index contributed by atoms with van der Waals surface area (Å²) in [5.74, 6) is 0.837. The molecule has 2 rings (SSSR count). The molecule has 1 aromatic carbocycles. The van der Waals surface area contributed by atoms with E-state index in [1.165, 1.54) is 0 Å². The molecule has 5 nitrogen and oxygen atoms in total. The molecular formula is C13H15N3O2. The molecule has 1 aromatic heterocycles. The number of benzene rings is 1. The molecule has 0 atom stereocenters. The summed E-state index contributed by atoms with van der Waals surface area (Å²) in [4.78, 5) is 10.5. The number of hydrogen-bond acceptors (Lipinski definition) is 3. The van der Waals surface area contributed by atoms with Gasteiger partial charge in [0.15, 0.2) is 0 Å². The van der Waals surface area contributed by atoms with E-state index in [0.717, 1.165) is 17.3 Å². The number of carboxylic acids is 1. The molecule has 0 aliphatic heterocycles. The third-order valence-electron chi connectivity index (χ3n) is 2.70. The minimum Gasteiger partial charge on any atom is -0.481 e. The number of aryl methyl sites for hydroxylation is 2. The topological polar surface area (TPSA) is 68.0 Å². The van der Waals surface area contributed by atoms with Crippen molar-refractivity contribution in [3.8, 4) is 5.69 Å². The molecule has 0 aliphatic rings. The Hall–Kier alpha value is -2.17. The van der Waals surface area contributed by atoms with Gasteiger partial charge in [0.25, 0.3) is 0 Å². The van der Waals surface area contributed by atoms with Crippen LogP contribution < -0.4 is 0 Å². The van der Waals surface area contributed by atoms with Crippen LogP contribution in [0.1, 0.15) is 24.5 Å². The molecule has 0 saturated heterocycles. The summed E-state index contributed by atoms with van der Waals surface area (Å²) in [6.07, 6.45) is 1.34. The van der Waals surface area contributed by atoms with Crippen LogP contribution in [0.4, 0.5) is 0 Å². The molecule has 0 aliphatic carbocycles. The molecule has 0 spiro atoms. The number of para-hydroxylation sites is 1. The van der Waals surface area contributed by atoms with Crippen molar-refractivity contribution in [2.75, 3.05) is 0 Å². The zero-order valence-electron chi connectivity index (χ0n) is 10.2. The van der Waals surface area contributed by atoms with Gasteiger partial charge in [0.05, 0.1) is 0 Å². The lowest BCUT2D eigenvalue weighted by atomic mass is 10.2. The van der Waals surface area contributed by atoms with Gasteiger partial charge in [-0.3, -0.25) is 9.36 Å². The van der Waals surface area contributed by atoms with Crippen LogP contribution in [-0.4, -0.2) is 25.8 Å². The van der Waals surface area contributed by atoms with E-state index < -0.39 is 5.97 Å². The van der Waals surface area contributed by atoms with Gasteiger partial charge < -0.3 is 5.11 Å². The second-order valence-electron chi connectivity index (χ2n) is 4.08. The summed E-state index contributed by atoms with van der Waals surface area (Å²) >= 11 is 0. The average Bonchev–Trinajstić information content (AvgIpc) is 2.71. The van der Waals surface area contributed by atoms with Crippen LogP contribution in [0.3, 0.4) is 0 Å². The largest absolute Gasteiger partial charge is 0.481 e. The van der Waals surface area contributed by atoms with E-state index >= 15 is 0 Å². The molecule has 1 N–H and O–H groups in total. The number of nitrogens with zero attached hydrogens (tertiary/aromatic N) is 3. The van der Waals surface area contributed by atoms with Gasteiger partial charge in [-0.2, -0.15) is 0 Å². The van der Waals surface area contributed by atoms with Gasteiger partial charge in [-0.25, -0.2) is 0 Å². The third-order valence-corrected chi connectivity index (χ3v) is 2.70. The summed E-state index contributed by atoms with van der Waals surface area (Å²) in [6.45, 7) is 1.89. The van der Waals surface area contributed by atoms with Crippen LogP contribution in [0.15, 0.2) is 30.3 Å². The van der Waals surface area contributed by atoms with Crippen molar-refractivity contribution in [3.05, 3.63) is 42.0 Å². The zero-order valence-corrected chi connectivity index (χ0v) is 10.2. The van der Waals surface area contributed by atoms with Crippen molar-refractivity contribution in [1.82, 2.24) is 14.8 Å². The molecule has 2 aromatic rings. The van der Waals surface area contributed by atoms with Crippen LogP contribution in [0.2, 0.25) is 0 Å². The van der Waals surface area contributed by atoms with Crippen molar-refractivity contribution in [3.63, 3.8) is 0 Å². The Morgan fingerprint density at radius 1 is 1.28 bits per heavy atom. The van der Waals surface area contributed by atoms with E-state index in [2.05, 4.69) is 10.2 Å². The predicted octanol–water partition coefficient (Wildman–Crippen LogP) is 1.98. The SMILES string of the molecule is Cc1nnc(CCCC(=O)O)n1-c1ccccc1. The minimum absolute atomic E-state index is 0.153. The molecule has 0 fully saturated rings. The summed E-state index contributed by atoms with van der Waals surface area (Å²) in [5.41, 5.74) is 1.00. The zero-order chi connectivity index (χ0) is 13.0. The van der Waals surface area contributed by atoms with E-state index in [1.54, 1.807) is 0 Å². The highest BCUT2D eigenvalue weighted by Crippen LogP contribution is 2.14. The van der Waals surface area contributed by atoms with Gasteiger partial charge in [0.1, 0.15) is 11.6 Å². The Balaban J connectivity index is 2.20. The predicted molar refractivity (Wildman–Crippen MR) is 66.7 cm³/mol. The fraction of sp³-hybridized carbons (Fsp3) is 0.308. The maximum Gasteiger partial charge on any atom is 0.303 e. The fourth-order valence-corrected chi connectivity index (χ4v) is 1.88. The van der Waals surface area contributed by atoms with E-state index in [4.69, 9.17) is 5.11 Å². The lowest BCUT2D eigenvalue weighted by Gasteiger charge is -2.07. The normalized spacial score (nSPS) is 10.5. The highest BCUT2D eigenvalue weighted by atomic mass is 16.4. The summed E-state index contributed by atoms with van der Waals surface area (Å²) < 4.78 is 1.96. The van der Waals surface area contributed by atoms with Crippen molar-refractivity contribution < 1.29 is 9.90 Å². The Kier molecular flexibility index (Phi) is 3.72. The maximum absolute atomic E-state index is 10.5. The molecule has 94 valence electrons. The van der Waals surface area contributed by atoms with Crippen molar-refractivity contribution in [2.24, 2.45) is 0 Å². The highest BCUT2D eigenvalue weighted by molar-refractivity contribution is 5.66. The smallest absolute Gasteiger partial charge is 0.303 e. The highest BCUT2D eigenvalue weighted by Gasteiger charge is 2.10. The standard InChI is InChI=1S/C13H15N3O2/c1-10-14-15-12(8-5-9-13(17)18)16(10)11-6-3-2-4-7-11/h2-4,6-7H,5,8-9H2,1H3,(H,17,18). The van der Waals surface area contributed by atoms with Crippen LogP contribution in [0.25, 0.3) is 5.69 Å². The number of carbonyl (C=O) groups is 1. The molecule has 5 heteroatoms. The number of hydrogen-bond donors (Lipinski definition) is 1. The molecular weight excluding hydrogens is 230 g/mol. The van der Waals surface area contributed by atoms with Crippen molar-refractivity contribution in [2.45, 2.75) is 26.2 Å². The maximum atomic E-state index is 10.5. The lowest BCUT2D eigenvalue weighted by molar-refractivity contribution is -0.137. The van der Waals surface area contributed by atoms with E-state index in [9.17, 15) is 4.79 Å². The van der Waals surface area contributed by atoms with Crippen molar-refractivity contribution >= 4 is 5.97 Å². The third kappa shape index (κ3) is 2.74.